The Morgan fingerprint density at radius 3 is 2.74 bits per heavy atom. The first-order valence-electron chi connectivity index (χ1n) is 5.64. The van der Waals surface area contributed by atoms with Gasteiger partial charge in [0.2, 0.25) is 5.91 Å². The van der Waals surface area contributed by atoms with Crippen molar-refractivity contribution in [2.24, 2.45) is 0 Å². The van der Waals surface area contributed by atoms with Crippen molar-refractivity contribution in [3.05, 3.63) is 46.4 Å². The van der Waals surface area contributed by atoms with E-state index in [1.54, 1.807) is 35.8 Å². The van der Waals surface area contributed by atoms with Crippen LogP contribution in [0.4, 0.5) is 5.13 Å². The molecule has 0 aliphatic heterocycles. The molecule has 1 aromatic heterocycles. The van der Waals surface area contributed by atoms with Gasteiger partial charge < -0.3 is 5.32 Å². The number of aromatic nitrogens is 1. The van der Waals surface area contributed by atoms with Gasteiger partial charge in [-0.25, -0.2) is 4.98 Å². The molecule has 0 saturated carbocycles. The number of hydrogen-bond donors (Lipinski definition) is 1. The van der Waals surface area contributed by atoms with Crippen molar-refractivity contribution in [2.45, 2.75) is 12.8 Å². The predicted octanol–water partition coefficient (Wildman–Crippen LogP) is 3.40. The number of rotatable bonds is 5. The van der Waals surface area contributed by atoms with E-state index in [1.807, 2.05) is 0 Å². The number of carbonyl (C=O) groups excluding carboxylic acids is 2. The standard InChI is InChI=1S/C13H11ClN2O2S/c14-10-4-2-1-3-9(10)11(17)5-6-12(18)16-13-15-7-8-19-13/h1-4,7-8H,5-6H2,(H,15,16,18). The summed E-state index contributed by atoms with van der Waals surface area (Å²) in [4.78, 5) is 27.4. The molecule has 0 aliphatic rings. The fraction of sp³-hybridized carbons (Fsp3) is 0.154. The van der Waals surface area contributed by atoms with Gasteiger partial charge in [-0.1, -0.05) is 23.7 Å². The summed E-state index contributed by atoms with van der Waals surface area (Å²) in [6.45, 7) is 0. The molecule has 2 aromatic rings. The van der Waals surface area contributed by atoms with E-state index < -0.39 is 0 Å². The Labute approximate surface area is 119 Å². The number of anilines is 1. The minimum atomic E-state index is -0.227. The molecular weight excluding hydrogens is 284 g/mol. The third-order valence-corrected chi connectivity index (χ3v) is 3.45. The van der Waals surface area contributed by atoms with Crippen LogP contribution in [0.3, 0.4) is 0 Å². The molecule has 2 rings (SSSR count). The van der Waals surface area contributed by atoms with Gasteiger partial charge in [-0.15, -0.1) is 11.3 Å². The lowest BCUT2D eigenvalue weighted by atomic mass is 10.1. The Kier molecular flexibility index (Phi) is 4.65. The number of nitrogens with zero attached hydrogens (tertiary/aromatic N) is 1. The molecule has 0 aliphatic carbocycles. The maximum absolute atomic E-state index is 11.9. The van der Waals surface area contributed by atoms with E-state index in [0.29, 0.717) is 15.7 Å². The van der Waals surface area contributed by atoms with Gasteiger partial charge in [-0.2, -0.15) is 0 Å². The Bertz CT molecular complexity index is 584. The minimum Gasteiger partial charge on any atom is -0.302 e. The van der Waals surface area contributed by atoms with Crippen molar-refractivity contribution in [3.8, 4) is 0 Å². The van der Waals surface area contributed by atoms with Gasteiger partial charge in [-0.05, 0) is 12.1 Å². The van der Waals surface area contributed by atoms with Crippen LogP contribution in [-0.4, -0.2) is 16.7 Å². The summed E-state index contributed by atoms with van der Waals surface area (Å²) in [5.41, 5.74) is 0.450. The van der Waals surface area contributed by atoms with Gasteiger partial charge in [-0.3, -0.25) is 9.59 Å². The second kappa shape index (κ2) is 6.45. The maximum atomic E-state index is 11.9. The smallest absolute Gasteiger partial charge is 0.226 e. The summed E-state index contributed by atoms with van der Waals surface area (Å²) in [5.74, 6) is -0.366. The number of ketones is 1. The Morgan fingerprint density at radius 2 is 2.05 bits per heavy atom. The second-order valence-corrected chi connectivity index (χ2v) is 5.09. The van der Waals surface area contributed by atoms with Crippen LogP contribution in [0.5, 0.6) is 0 Å². The Balaban J connectivity index is 1.87. The van der Waals surface area contributed by atoms with E-state index in [2.05, 4.69) is 10.3 Å². The van der Waals surface area contributed by atoms with E-state index in [9.17, 15) is 9.59 Å². The van der Waals surface area contributed by atoms with Crippen LogP contribution in [0, 0.1) is 0 Å². The zero-order valence-electron chi connectivity index (χ0n) is 9.93. The zero-order chi connectivity index (χ0) is 13.7. The summed E-state index contributed by atoms with van der Waals surface area (Å²) < 4.78 is 0. The molecule has 1 aromatic carbocycles. The summed E-state index contributed by atoms with van der Waals surface area (Å²) >= 11 is 7.26. The SMILES string of the molecule is O=C(CCC(=O)c1ccccc1Cl)Nc1nccs1. The molecule has 0 unspecified atom stereocenters. The number of nitrogens with one attached hydrogen (secondary N) is 1. The molecule has 1 amide bonds. The first kappa shape index (κ1) is 13.7. The third kappa shape index (κ3) is 3.87. The van der Waals surface area contributed by atoms with Crippen molar-refractivity contribution in [2.75, 3.05) is 5.32 Å². The van der Waals surface area contributed by atoms with Crippen LogP contribution >= 0.6 is 22.9 Å². The van der Waals surface area contributed by atoms with Crippen LogP contribution < -0.4 is 5.32 Å². The highest BCUT2D eigenvalue weighted by Gasteiger charge is 2.12. The van der Waals surface area contributed by atoms with Crippen molar-refractivity contribution >= 4 is 39.8 Å². The summed E-state index contributed by atoms with van der Waals surface area (Å²) in [7, 11) is 0. The minimum absolute atomic E-state index is 0.115. The normalized spacial score (nSPS) is 10.2. The van der Waals surface area contributed by atoms with Crippen LogP contribution in [0.15, 0.2) is 35.8 Å². The lowest BCUT2D eigenvalue weighted by molar-refractivity contribution is -0.116. The van der Waals surface area contributed by atoms with E-state index in [-0.39, 0.29) is 24.5 Å². The molecule has 0 atom stereocenters. The van der Waals surface area contributed by atoms with E-state index in [0.717, 1.165) is 0 Å². The molecule has 0 bridgehead atoms. The second-order valence-electron chi connectivity index (χ2n) is 3.79. The highest BCUT2D eigenvalue weighted by Crippen LogP contribution is 2.17. The molecule has 1 heterocycles. The number of halogens is 1. The monoisotopic (exact) mass is 294 g/mol. The average Bonchev–Trinajstić information content (AvgIpc) is 2.89. The number of hydrogen-bond acceptors (Lipinski definition) is 4. The zero-order valence-corrected chi connectivity index (χ0v) is 11.5. The summed E-state index contributed by atoms with van der Waals surface area (Å²) in [5, 5.41) is 5.34. The highest BCUT2D eigenvalue weighted by atomic mass is 35.5. The first-order chi connectivity index (χ1) is 9.16. The highest BCUT2D eigenvalue weighted by molar-refractivity contribution is 7.13. The van der Waals surface area contributed by atoms with E-state index in [1.165, 1.54) is 11.3 Å². The lowest BCUT2D eigenvalue weighted by Crippen LogP contribution is -2.13. The molecular formula is C13H11ClN2O2S. The molecule has 98 valence electrons. The van der Waals surface area contributed by atoms with Crippen LogP contribution in [-0.2, 0) is 4.79 Å². The Morgan fingerprint density at radius 1 is 1.26 bits per heavy atom. The van der Waals surface area contributed by atoms with Crippen LogP contribution in [0.25, 0.3) is 0 Å². The predicted molar refractivity (Wildman–Crippen MR) is 75.8 cm³/mol. The number of Topliss-reactive ketones (excluding diaryl/α,β-unsaturated/α-hetero) is 1. The molecule has 4 nitrogen and oxygen atoms in total. The third-order valence-electron chi connectivity index (χ3n) is 2.43. The van der Waals surface area contributed by atoms with Crippen LogP contribution in [0.1, 0.15) is 23.2 Å². The van der Waals surface area contributed by atoms with Crippen molar-refractivity contribution in [1.29, 1.82) is 0 Å². The summed E-state index contributed by atoms with van der Waals surface area (Å²) in [6.07, 6.45) is 1.85. The largest absolute Gasteiger partial charge is 0.302 e. The quantitative estimate of drug-likeness (QED) is 0.860. The van der Waals surface area contributed by atoms with Crippen molar-refractivity contribution in [3.63, 3.8) is 0 Å². The maximum Gasteiger partial charge on any atom is 0.226 e. The van der Waals surface area contributed by atoms with E-state index in [4.69, 9.17) is 11.6 Å². The number of thiazole rings is 1. The molecule has 1 N–H and O–H groups in total. The van der Waals surface area contributed by atoms with Gasteiger partial charge in [0, 0.05) is 30.0 Å². The van der Waals surface area contributed by atoms with Crippen LogP contribution in [0.2, 0.25) is 5.02 Å². The topological polar surface area (TPSA) is 59.1 Å². The molecule has 6 heteroatoms. The van der Waals surface area contributed by atoms with E-state index >= 15 is 0 Å². The number of carbonyl (C=O) groups is 2. The van der Waals surface area contributed by atoms with Crippen molar-refractivity contribution < 1.29 is 9.59 Å². The van der Waals surface area contributed by atoms with Gasteiger partial charge >= 0.3 is 0 Å². The Hall–Kier alpha value is -1.72. The first-order valence-corrected chi connectivity index (χ1v) is 6.89. The van der Waals surface area contributed by atoms with Gasteiger partial charge in [0.15, 0.2) is 10.9 Å². The average molecular weight is 295 g/mol. The molecule has 0 saturated heterocycles. The number of amides is 1. The summed E-state index contributed by atoms with van der Waals surface area (Å²) in [6, 6.07) is 6.82. The fourth-order valence-corrected chi connectivity index (χ4v) is 2.30. The van der Waals surface area contributed by atoms with Gasteiger partial charge in [0.1, 0.15) is 0 Å². The number of benzene rings is 1. The molecule has 19 heavy (non-hydrogen) atoms. The van der Waals surface area contributed by atoms with Crippen molar-refractivity contribution in [1.82, 2.24) is 4.98 Å². The molecule has 0 radical (unpaired) electrons. The van der Waals surface area contributed by atoms with Gasteiger partial charge in [0.25, 0.3) is 0 Å². The van der Waals surface area contributed by atoms with Gasteiger partial charge in [0.05, 0.1) is 5.02 Å². The fourth-order valence-electron chi connectivity index (χ4n) is 1.52. The molecule has 0 fully saturated rings. The molecule has 0 spiro atoms. The lowest BCUT2D eigenvalue weighted by Gasteiger charge is -2.03.